The van der Waals surface area contributed by atoms with Gasteiger partial charge in [0.15, 0.2) is 0 Å². The van der Waals surface area contributed by atoms with Crippen molar-refractivity contribution in [3.8, 4) is 0 Å². The first-order valence-corrected chi connectivity index (χ1v) is 11.6. The Hall–Kier alpha value is -2.57. The number of nitrogens with one attached hydrogen (secondary N) is 1. The van der Waals surface area contributed by atoms with Gasteiger partial charge in [-0.05, 0) is 82.9 Å². The van der Waals surface area contributed by atoms with Crippen molar-refractivity contribution in [2.24, 2.45) is 0 Å². The monoisotopic (exact) mass is 499 g/mol. The van der Waals surface area contributed by atoms with Gasteiger partial charge in [0.25, 0.3) is 0 Å². The molecule has 0 atom stereocenters. The number of hydrogen-bond acceptors (Lipinski definition) is 4. The number of anilines is 2. The molecule has 0 amide bonds. The van der Waals surface area contributed by atoms with Crippen molar-refractivity contribution >= 4 is 51.1 Å². The second-order valence-corrected chi connectivity index (χ2v) is 8.72. The molecule has 31 heavy (non-hydrogen) atoms. The molecule has 3 nitrogen and oxygen atoms in total. The topological polar surface area (TPSA) is 38.3 Å². The molecule has 0 saturated carbocycles. The van der Waals surface area contributed by atoms with Gasteiger partial charge < -0.3 is 10.1 Å². The maximum absolute atomic E-state index is 14.1. The summed E-state index contributed by atoms with van der Waals surface area (Å²) in [6.45, 7) is 3.99. The van der Waals surface area contributed by atoms with Crippen molar-refractivity contribution in [3.05, 3.63) is 93.7 Å². The molecule has 3 aromatic carbocycles. The number of halogens is 2. The molecular weight excluding hydrogens is 477 g/mol. The Morgan fingerprint density at radius 1 is 1.13 bits per heavy atom. The first kappa shape index (κ1) is 23.1. The molecule has 0 heterocycles. The van der Waals surface area contributed by atoms with Gasteiger partial charge in [-0.1, -0.05) is 30.3 Å². The Morgan fingerprint density at radius 2 is 1.90 bits per heavy atom. The molecule has 0 saturated heterocycles. The van der Waals surface area contributed by atoms with Crippen LogP contribution in [0.3, 0.4) is 0 Å². The number of carbonyl (C=O) groups excluding carboxylic acids is 1. The molecule has 0 spiro atoms. The van der Waals surface area contributed by atoms with E-state index in [2.05, 4.69) is 33.4 Å². The first-order valence-electron chi connectivity index (χ1n) is 9.84. The molecule has 3 rings (SSSR count). The number of benzene rings is 3. The lowest BCUT2D eigenvalue weighted by Gasteiger charge is -2.14. The normalized spacial score (nSPS) is 11.0. The second-order valence-electron chi connectivity index (χ2n) is 6.81. The van der Waals surface area contributed by atoms with Gasteiger partial charge in [0.1, 0.15) is 5.82 Å². The molecule has 6 heteroatoms. The van der Waals surface area contributed by atoms with E-state index in [9.17, 15) is 9.18 Å². The zero-order valence-corrected chi connectivity index (χ0v) is 19.7. The van der Waals surface area contributed by atoms with Crippen LogP contribution in [-0.4, -0.2) is 12.6 Å². The van der Waals surface area contributed by atoms with E-state index >= 15 is 0 Å². The van der Waals surface area contributed by atoms with Crippen molar-refractivity contribution < 1.29 is 13.9 Å². The fraction of sp³-hybridized carbons (Fsp3) is 0.160. The molecule has 0 unspecified atom stereocenters. The Bertz CT molecular complexity index is 1090. The van der Waals surface area contributed by atoms with Crippen LogP contribution < -0.4 is 5.32 Å². The standard InChI is InChI=1S/C25H23BrFNO2S/c1-3-30-25(29)12-9-19-14-20(31-16-18-7-5-4-6-8-18)10-11-23(19)28-24-15-22(27)21(26)13-17(24)2/h4-15,28H,3,16H2,1-2H3/b12-9+. The smallest absolute Gasteiger partial charge is 0.330 e. The van der Waals surface area contributed by atoms with E-state index in [4.69, 9.17) is 4.74 Å². The molecule has 0 radical (unpaired) electrons. The van der Waals surface area contributed by atoms with Gasteiger partial charge in [-0.15, -0.1) is 11.8 Å². The van der Waals surface area contributed by atoms with E-state index in [1.165, 1.54) is 17.7 Å². The van der Waals surface area contributed by atoms with Gasteiger partial charge in [-0.2, -0.15) is 0 Å². The molecule has 0 aliphatic heterocycles. The van der Waals surface area contributed by atoms with E-state index in [-0.39, 0.29) is 5.82 Å². The average Bonchev–Trinajstić information content (AvgIpc) is 2.76. The zero-order valence-electron chi connectivity index (χ0n) is 17.3. The lowest BCUT2D eigenvalue weighted by atomic mass is 10.1. The van der Waals surface area contributed by atoms with Gasteiger partial charge in [0, 0.05) is 28.1 Å². The summed E-state index contributed by atoms with van der Waals surface area (Å²) in [7, 11) is 0. The minimum Gasteiger partial charge on any atom is -0.463 e. The summed E-state index contributed by atoms with van der Waals surface area (Å²) in [4.78, 5) is 12.9. The number of esters is 1. The summed E-state index contributed by atoms with van der Waals surface area (Å²) in [5.74, 6) is 0.0968. The Balaban J connectivity index is 1.88. The fourth-order valence-corrected chi connectivity index (χ4v) is 4.26. The van der Waals surface area contributed by atoms with Gasteiger partial charge in [-0.3, -0.25) is 0 Å². The number of carbonyl (C=O) groups is 1. The highest BCUT2D eigenvalue weighted by Gasteiger charge is 2.09. The molecule has 0 aliphatic rings. The third-order valence-corrected chi connectivity index (χ3v) is 6.17. The minimum atomic E-state index is -0.401. The largest absolute Gasteiger partial charge is 0.463 e. The van der Waals surface area contributed by atoms with Crippen molar-refractivity contribution in [1.29, 1.82) is 0 Å². The highest BCUT2D eigenvalue weighted by molar-refractivity contribution is 9.10. The van der Waals surface area contributed by atoms with Crippen LogP contribution in [0.4, 0.5) is 15.8 Å². The molecule has 3 aromatic rings. The van der Waals surface area contributed by atoms with E-state index in [1.54, 1.807) is 30.8 Å². The third-order valence-electron chi connectivity index (χ3n) is 4.49. The first-order chi connectivity index (χ1) is 15.0. The number of rotatable bonds is 8. The van der Waals surface area contributed by atoms with Gasteiger partial charge >= 0.3 is 5.97 Å². The quantitative estimate of drug-likeness (QED) is 0.197. The van der Waals surface area contributed by atoms with Crippen LogP contribution in [0.15, 0.2) is 76.1 Å². The fourth-order valence-electron chi connectivity index (χ4n) is 2.90. The predicted molar refractivity (Wildman–Crippen MR) is 130 cm³/mol. The molecular formula is C25H23BrFNO2S. The number of aryl methyl sites for hydroxylation is 1. The highest BCUT2D eigenvalue weighted by atomic mass is 79.9. The van der Waals surface area contributed by atoms with Gasteiger partial charge in [-0.25, -0.2) is 9.18 Å². The molecule has 0 fully saturated rings. The molecule has 160 valence electrons. The number of thioether (sulfide) groups is 1. The molecule has 1 N–H and O–H groups in total. The summed E-state index contributed by atoms with van der Waals surface area (Å²) in [5.41, 5.74) is 4.38. The Labute approximate surface area is 194 Å². The summed E-state index contributed by atoms with van der Waals surface area (Å²) in [5, 5.41) is 3.29. The van der Waals surface area contributed by atoms with Crippen LogP contribution in [0.2, 0.25) is 0 Å². The van der Waals surface area contributed by atoms with Crippen LogP contribution in [0, 0.1) is 12.7 Å². The summed E-state index contributed by atoms with van der Waals surface area (Å²) < 4.78 is 19.5. The number of ether oxygens (including phenoxy) is 1. The third kappa shape index (κ3) is 6.71. The second kappa shape index (κ2) is 11.2. The van der Waals surface area contributed by atoms with Crippen LogP contribution in [-0.2, 0) is 15.3 Å². The van der Waals surface area contributed by atoms with Crippen LogP contribution in [0.25, 0.3) is 6.08 Å². The van der Waals surface area contributed by atoms with E-state index < -0.39 is 5.97 Å². The van der Waals surface area contributed by atoms with Crippen molar-refractivity contribution in [3.63, 3.8) is 0 Å². The summed E-state index contributed by atoms with van der Waals surface area (Å²) in [6.07, 6.45) is 3.13. The molecule has 0 aliphatic carbocycles. The van der Waals surface area contributed by atoms with Gasteiger partial charge in [0.05, 0.1) is 11.1 Å². The molecule has 0 aromatic heterocycles. The SMILES string of the molecule is CCOC(=O)/C=C/c1cc(SCc2ccccc2)ccc1Nc1cc(F)c(Br)cc1C. The number of hydrogen-bond donors (Lipinski definition) is 1. The maximum Gasteiger partial charge on any atom is 0.330 e. The van der Waals surface area contributed by atoms with Crippen LogP contribution >= 0.6 is 27.7 Å². The minimum absolute atomic E-state index is 0.318. The Morgan fingerprint density at radius 3 is 2.65 bits per heavy atom. The van der Waals surface area contributed by atoms with E-state index in [0.29, 0.717) is 16.8 Å². The average molecular weight is 500 g/mol. The predicted octanol–water partition coefficient (Wildman–Crippen LogP) is 7.51. The van der Waals surface area contributed by atoms with Crippen molar-refractivity contribution in [2.75, 3.05) is 11.9 Å². The maximum atomic E-state index is 14.1. The van der Waals surface area contributed by atoms with Crippen LogP contribution in [0.5, 0.6) is 0 Å². The Kier molecular flexibility index (Phi) is 8.32. The lowest BCUT2D eigenvalue weighted by molar-refractivity contribution is -0.137. The summed E-state index contributed by atoms with van der Waals surface area (Å²) in [6, 6.07) is 19.4. The van der Waals surface area contributed by atoms with Crippen LogP contribution in [0.1, 0.15) is 23.6 Å². The lowest BCUT2D eigenvalue weighted by Crippen LogP contribution is -2.00. The van der Waals surface area contributed by atoms with E-state index in [0.717, 1.165) is 27.5 Å². The highest BCUT2D eigenvalue weighted by Crippen LogP contribution is 2.32. The van der Waals surface area contributed by atoms with E-state index in [1.807, 2.05) is 43.3 Å². The van der Waals surface area contributed by atoms with Crippen molar-refractivity contribution in [2.45, 2.75) is 24.5 Å². The van der Waals surface area contributed by atoms with Gasteiger partial charge in [0.2, 0.25) is 0 Å². The zero-order chi connectivity index (χ0) is 22.2. The van der Waals surface area contributed by atoms with Crippen molar-refractivity contribution in [1.82, 2.24) is 0 Å². The summed E-state index contributed by atoms with van der Waals surface area (Å²) >= 11 is 4.92. The molecule has 0 bridgehead atoms.